The summed E-state index contributed by atoms with van der Waals surface area (Å²) in [7, 11) is 0. The number of para-hydroxylation sites is 1. The molecule has 156 valence electrons. The van der Waals surface area contributed by atoms with E-state index in [2.05, 4.69) is 16.0 Å². The van der Waals surface area contributed by atoms with E-state index in [1.165, 1.54) is 0 Å². The molecule has 2 aromatic rings. The molecule has 0 aromatic heterocycles. The van der Waals surface area contributed by atoms with E-state index < -0.39 is 23.5 Å². The zero-order valence-electron chi connectivity index (χ0n) is 17.0. The maximum absolute atomic E-state index is 13.3. The zero-order chi connectivity index (χ0) is 21.1. The third-order valence-electron chi connectivity index (χ3n) is 5.93. The van der Waals surface area contributed by atoms with E-state index >= 15 is 0 Å². The van der Waals surface area contributed by atoms with Crippen LogP contribution in [0.4, 0.5) is 16.2 Å². The van der Waals surface area contributed by atoms with Gasteiger partial charge in [0.2, 0.25) is 0 Å². The predicted molar refractivity (Wildman–Crippen MR) is 115 cm³/mol. The molecular weight excluding hydrogens is 380 g/mol. The molecule has 2 aliphatic rings. The van der Waals surface area contributed by atoms with Crippen molar-refractivity contribution in [3.63, 3.8) is 0 Å². The summed E-state index contributed by atoms with van der Waals surface area (Å²) in [6, 6.07) is 13.3. The highest BCUT2D eigenvalue weighted by molar-refractivity contribution is 6.10. The van der Waals surface area contributed by atoms with E-state index in [4.69, 9.17) is 0 Å². The third-order valence-corrected chi connectivity index (χ3v) is 5.93. The van der Waals surface area contributed by atoms with Gasteiger partial charge in [-0.05, 0) is 51.1 Å². The summed E-state index contributed by atoms with van der Waals surface area (Å²) < 4.78 is 0. The minimum absolute atomic E-state index is 0.398. The molecule has 0 spiro atoms. The maximum Gasteiger partial charge on any atom is 0.320 e. The van der Waals surface area contributed by atoms with Crippen molar-refractivity contribution in [3.05, 3.63) is 59.7 Å². The number of hydrogen-bond donors (Lipinski definition) is 3. The lowest BCUT2D eigenvalue weighted by atomic mass is 9.82. The summed E-state index contributed by atoms with van der Waals surface area (Å²) in [4.78, 5) is 40.6. The Kier molecular flexibility index (Phi) is 5.55. The van der Waals surface area contributed by atoms with Crippen LogP contribution in [0, 0.1) is 6.92 Å². The smallest absolute Gasteiger partial charge is 0.320 e. The van der Waals surface area contributed by atoms with E-state index in [0.717, 1.165) is 31.1 Å². The number of urea groups is 1. The summed E-state index contributed by atoms with van der Waals surface area (Å²) in [5, 5.41) is 8.52. The largest absolute Gasteiger partial charge is 0.323 e. The first-order valence-corrected chi connectivity index (χ1v) is 10.3. The number of fused-ring (bicyclic) bond motifs is 1. The van der Waals surface area contributed by atoms with Crippen LogP contribution in [-0.4, -0.2) is 42.3 Å². The number of nitrogens with one attached hydrogen (secondary N) is 3. The van der Waals surface area contributed by atoms with Gasteiger partial charge in [-0.2, -0.15) is 0 Å². The molecule has 30 heavy (non-hydrogen) atoms. The second kappa shape index (κ2) is 8.28. The van der Waals surface area contributed by atoms with Crippen molar-refractivity contribution in [2.45, 2.75) is 37.8 Å². The molecule has 1 unspecified atom stereocenters. The first-order chi connectivity index (χ1) is 14.5. The molecule has 0 aliphatic carbocycles. The molecular formula is C23H26N4O3. The number of carbonyl (C=O) groups is 3. The number of aryl methyl sites for hydroxylation is 1. The van der Waals surface area contributed by atoms with Crippen LogP contribution >= 0.6 is 0 Å². The Bertz CT molecular complexity index is 953. The van der Waals surface area contributed by atoms with Crippen molar-refractivity contribution in [2.75, 3.05) is 23.7 Å². The molecule has 0 radical (unpaired) electrons. The third kappa shape index (κ3) is 3.57. The molecule has 2 aromatic carbocycles. The monoisotopic (exact) mass is 406 g/mol. The molecule has 0 saturated carbocycles. The maximum atomic E-state index is 13.3. The van der Waals surface area contributed by atoms with Crippen molar-refractivity contribution in [1.29, 1.82) is 0 Å². The van der Waals surface area contributed by atoms with Gasteiger partial charge in [-0.25, -0.2) is 4.79 Å². The number of benzene rings is 2. The van der Waals surface area contributed by atoms with Gasteiger partial charge in [-0.3, -0.25) is 9.69 Å². The summed E-state index contributed by atoms with van der Waals surface area (Å²) in [5.41, 5.74) is 1.41. The molecule has 2 aliphatic heterocycles. The Morgan fingerprint density at radius 2 is 1.80 bits per heavy atom. The Hall–Kier alpha value is -3.19. The van der Waals surface area contributed by atoms with Gasteiger partial charge >= 0.3 is 6.03 Å². The van der Waals surface area contributed by atoms with Gasteiger partial charge in [-0.15, -0.1) is 0 Å². The second-order valence-corrected chi connectivity index (χ2v) is 7.93. The van der Waals surface area contributed by atoms with E-state index in [1.807, 2.05) is 36.1 Å². The molecule has 7 heteroatoms. The van der Waals surface area contributed by atoms with Gasteiger partial charge in [0.05, 0.1) is 0 Å². The molecule has 4 rings (SSSR count). The Morgan fingerprint density at radius 3 is 2.50 bits per heavy atom. The summed E-state index contributed by atoms with van der Waals surface area (Å²) in [5.74, 6) is -0.398. The van der Waals surface area contributed by atoms with Crippen molar-refractivity contribution < 1.29 is 14.4 Å². The lowest BCUT2D eigenvalue weighted by Gasteiger charge is -2.41. The van der Waals surface area contributed by atoms with Gasteiger partial charge in [0.25, 0.3) is 5.91 Å². The fourth-order valence-electron chi connectivity index (χ4n) is 4.41. The standard InChI is InChI=1S/C23H26N4O3/c1-16-9-11-17(12-10-16)24-22(30)26-23(20(15-28)27-13-5-2-6-14-27)18-7-3-4-8-19(18)25-21(23)29/h3-4,7-12,15,20H,2,5-6,13-14H2,1H3,(H,25,29)(H2,24,26,30)/t20?,23-/m0/s1. The van der Waals surface area contributed by atoms with E-state index in [-0.39, 0.29) is 0 Å². The molecule has 7 nitrogen and oxygen atoms in total. The minimum atomic E-state index is -1.50. The normalized spacial score (nSPS) is 22.0. The number of rotatable bonds is 5. The molecule has 2 atom stereocenters. The van der Waals surface area contributed by atoms with Crippen LogP contribution < -0.4 is 16.0 Å². The molecule has 2 heterocycles. The van der Waals surface area contributed by atoms with Gasteiger partial charge in [0, 0.05) is 16.9 Å². The number of hydrogen-bond acceptors (Lipinski definition) is 4. The molecule has 1 saturated heterocycles. The van der Waals surface area contributed by atoms with Crippen LogP contribution in [0.3, 0.4) is 0 Å². The van der Waals surface area contributed by atoms with Gasteiger partial charge < -0.3 is 20.7 Å². The minimum Gasteiger partial charge on any atom is -0.323 e. The van der Waals surface area contributed by atoms with Crippen LogP contribution in [0.25, 0.3) is 0 Å². The number of piperidine rings is 1. The SMILES string of the molecule is Cc1ccc(NC(=O)N[C@@]2(C(C=O)N3CCCCC3)C(=O)Nc3ccccc32)cc1. The molecule has 1 fully saturated rings. The number of likely N-dealkylation sites (tertiary alicyclic amines) is 1. The van der Waals surface area contributed by atoms with Crippen LogP contribution in [-0.2, 0) is 15.1 Å². The average Bonchev–Trinajstić information content (AvgIpc) is 3.03. The first-order valence-electron chi connectivity index (χ1n) is 10.3. The summed E-state index contributed by atoms with van der Waals surface area (Å²) >= 11 is 0. The number of aldehydes is 1. The summed E-state index contributed by atoms with van der Waals surface area (Å²) in [6.07, 6.45) is 3.80. The summed E-state index contributed by atoms with van der Waals surface area (Å²) in [6.45, 7) is 3.38. The second-order valence-electron chi connectivity index (χ2n) is 7.93. The van der Waals surface area contributed by atoms with E-state index in [0.29, 0.717) is 30.0 Å². The van der Waals surface area contributed by atoms with Gasteiger partial charge in [0.15, 0.2) is 5.54 Å². The lowest BCUT2D eigenvalue weighted by Crippen LogP contribution is -2.65. The van der Waals surface area contributed by atoms with E-state index in [9.17, 15) is 14.4 Å². The Morgan fingerprint density at radius 1 is 1.10 bits per heavy atom. The average molecular weight is 406 g/mol. The molecule has 0 bridgehead atoms. The lowest BCUT2D eigenvalue weighted by molar-refractivity contribution is -0.129. The number of nitrogens with zero attached hydrogens (tertiary/aromatic N) is 1. The Balaban J connectivity index is 1.70. The van der Waals surface area contributed by atoms with Crippen LogP contribution in [0.1, 0.15) is 30.4 Å². The molecule has 3 amide bonds. The highest BCUT2D eigenvalue weighted by atomic mass is 16.2. The van der Waals surface area contributed by atoms with Crippen molar-refractivity contribution in [1.82, 2.24) is 10.2 Å². The fourth-order valence-corrected chi connectivity index (χ4v) is 4.41. The van der Waals surface area contributed by atoms with Crippen molar-refractivity contribution in [3.8, 4) is 0 Å². The van der Waals surface area contributed by atoms with Gasteiger partial charge in [0.1, 0.15) is 12.3 Å². The highest BCUT2D eigenvalue weighted by Crippen LogP contribution is 2.40. The Labute approximate surface area is 175 Å². The number of carbonyl (C=O) groups excluding carboxylic acids is 3. The van der Waals surface area contributed by atoms with Crippen molar-refractivity contribution in [2.24, 2.45) is 0 Å². The van der Waals surface area contributed by atoms with Crippen LogP contribution in [0.2, 0.25) is 0 Å². The quantitative estimate of drug-likeness (QED) is 0.666. The van der Waals surface area contributed by atoms with Crippen molar-refractivity contribution >= 4 is 29.6 Å². The van der Waals surface area contributed by atoms with E-state index in [1.54, 1.807) is 24.3 Å². The molecule has 3 N–H and O–H groups in total. The first kappa shape index (κ1) is 20.1. The fraction of sp³-hybridized carbons (Fsp3) is 0.348. The van der Waals surface area contributed by atoms with Crippen LogP contribution in [0.15, 0.2) is 48.5 Å². The predicted octanol–water partition coefficient (Wildman–Crippen LogP) is 3.02. The highest BCUT2D eigenvalue weighted by Gasteiger charge is 2.55. The van der Waals surface area contributed by atoms with Crippen LogP contribution in [0.5, 0.6) is 0 Å². The van der Waals surface area contributed by atoms with Gasteiger partial charge in [-0.1, -0.05) is 42.3 Å². The zero-order valence-corrected chi connectivity index (χ0v) is 17.0. The topological polar surface area (TPSA) is 90.5 Å². The number of anilines is 2. The number of amides is 3.